The summed E-state index contributed by atoms with van der Waals surface area (Å²) in [6, 6.07) is 17.2. The average Bonchev–Trinajstić information content (AvgIpc) is 2.71. The summed E-state index contributed by atoms with van der Waals surface area (Å²) in [7, 11) is -5.24. The van der Waals surface area contributed by atoms with Crippen molar-refractivity contribution in [1.29, 1.82) is 0 Å². The Morgan fingerprint density at radius 2 is 1.33 bits per heavy atom. The third kappa shape index (κ3) is 6.80. The van der Waals surface area contributed by atoms with Crippen LogP contribution in [0.25, 0.3) is 0 Å². The van der Waals surface area contributed by atoms with Crippen LogP contribution in [0, 0.1) is 0 Å². The minimum atomic E-state index is -5.24. The summed E-state index contributed by atoms with van der Waals surface area (Å²) >= 11 is 0. The molecule has 2 aromatic carbocycles. The molecule has 164 valence electrons. The lowest BCUT2D eigenvalue weighted by molar-refractivity contribution is -0.167. The monoisotopic (exact) mass is 440 g/mol. The standard InChI is InChI=1S/C20H25O9P/c21-13-16(22)18(29-30(26,27)28)17(23)19(24)20(25,11-14-7-3-1-4-8-14)12-15-9-5-2-6-10-15/h1-10,13,16-19,22-25H,11-12H2,(H2,26,27,28)/t16-,17-,18+,19-/m0/s1. The van der Waals surface area contributed by atoms with E-state index in [1.165, 1.54) is 0 Å². The molecule has 30 heavy (non-hydrogen) atoms. The molecule has 0 amide bonds. The quantitative estimate of drug-likeness (QED) is 0.208. The van der Waals surface area contributed by atoms with Gasteiger partial charge in [0.2, 0.25) is 0 Å². The number of hydrogen-bond donors (Lipinski definition) is 6. The predicted octanol–water partition coefficient (Wildman–Crippen LogP) is -0.0376. The normalized spacial score (nSPS) is 16.5. The van der Waals surface area contributed by atoms with Gasteiger partial charge in [-0.25, -0.2) is 4.57 Å². The van der Waals surface area contributed by atoms with Crippen molar-refractivity contribution in [1.82, 2.24) is 0 Å². The summed E-state index contributed by atoms with van der Waals surface area (Å²) in [5.41, 5.74) is -0.794. The smallest absolute Gasteiger partial charge is 0.387 e. The van der Waals surface area contributed by atoms with Crippen molar-refractivity contribution >= 4 is 14.1 Å². The van der Waals surface area contributed by atoms with Gasteiger partial charge in [0.1, 0.15) is 30.0 Å². The molecule has 0 unspecified atom stereocenters. The highest BCUT2D eigenvalue weighted by Crippen LogP contribution is 2.40. The third-order valence-corrected chi connectivity index (χ3v) is 5.17. The highest BCUT2D eigenvalue weighted by molar-refractivity contribution is 7.46. The Morgan fingerprint density at radius 1 is 0.900 bits per heavy atom. The van der Waals surface area contributed by atoms with Crippen molar-refractivity contribution in [3.63, 3.8) is 0 Å². The second-order valence-electron chi connectivity index (χ2n) is 7.05. The summed E-state index contributed by atoms with van der Waals surface area (Å²) in [6.45, 7) is 0. The van der Waals surface area contributed by atoms with E-state index in [9.17, 15) is 29.8 Å². The first-order valence-electron chi connectivity index (χ1n) is 9.09. The molecule has 0 fully saturated rings. The molecule has 9 nitrogen and oxygen atoms in total. The zero-order chi connectivity index (χ0) is 22.4. The van der Waals surface area contributed by atoms with Crippen LogP contribution in [0.15, 0.2) is 60.7 Å². The van der Waals surface area contributed by atoms with Gasteiger partial charge in [-0.2, -0.15) is 0 Å². The maximum atomic E-state index is 11.3. The first kappa shape index (κ1) is 24.3. The maximum absolute atomic E-state index is 11.3. The number of phosphoric ester groups is 1. The number of rotatable bonds is 11. The largest absolute Gasteiger partial charge is 0.470 e. The van der Waals surface area contributed by atoms with Crippen molar-refractivity contribution in [2.45, 2.75) is 42.9 Å². The van der Waals surface area contributed by atoms with Crippen LogP contribution in [0.5, 0.6) is 0 Å². The topological polar surface area (TPSA) is 165 Å². The molecule has 0 saturated carbocycles. The number of carbonyl (C=O) groups excluding carboxylic acids is 1. The van der Waals surface area contributed by atoms with Gasteiger partial charge in [0.05, 0.1) is 0 Å². The van der Waals surface area contributed by atoms with Gasteiger partial charge in [-0.05, 0) is 11.1 Å². The molecule has 0 heterocycles. The van der Waals surface area contributed by atoms with Gasteiger partial charge in [0.25, 0.3) is 0 Å². The Hall–Kier alpha value is -1.94. The highest BCUT2D eigenvalue weighted by atomic mass is 31.2. The zero-order valence-corrected chi connectivity index (χ0v) is 16.8. The van der Waals surface area contributed by atoms with Crippen LogP contribution in [0.2, 0.25) is 0 Å². The van der Waals surface area contributed by atoms with Crippen LogP contribution in [0.4, 0.5) is 0 Å². The van der Waals surface area contributed by atoms with E-state index in [4.69, 9.17) is 9.79 Å². The Bertz CT molecular complexity index is 798. The van der Waals surface area contributed by atoms with Crippen LogP contribution >= 0.6 is 7.82 Å². The minimum Gasteiger partial charge on any atom is -0.387 e. The molecule has 0 aromatic heterocycles. The molecule has 6 N–H and O–H groups in total. The fraction of sp³-hybridized carbons (Fsp3) is 0.350. The van der Waals surface area contributed by atoms with Gasteiger partial charge in [-0.3, -0.25) is 4.52 Å². The maximum Gasteiger partial charge on any atom is 0.470 e. The van der Waals surface area contributed by atoms with Gasteiger partial charge >= 0.3 is 7.82 Å². The van der Waals surface area contributed by atoms with Gasteiger partial charge in [0.15, 0.2) is 6.29 Å². The second-order valence-corrected chi connectivity index (χ2v) is 8.24. The fourth-order valence-corrected chi connectivity index (χ4v) is 3.80. The lowest BCUT2D eigenvalue weighted by Crippen LogP contribution is -2.58. The number of aliphatic hydroxyl groups excluding tert-OH is 3. The van der Waals surface area contributed by atoms with Crippen LogP contribution in [-0.2, 0) is 26.7 Å². The molecular formula is C20H25O9P. The second kappa shape index (κ2) is 10.4. The van der Waals surface area contributed by atoms with Gasteiger partial charge in [-0.15, -0.1) is 0 Å². The molecule has 0 bridgehead atoms. The van der Waals surface area contributed by atoms with Crippen molar-refractivity contribution in [2.75, 3.05) is 0 Å². The van der Waals surface area contributed by atoms with Crippen LogP contribution in [-0.4, -0.2) is 66.5 Å². The summed E-state index contributed by atoms with van der Waals surface area (Å²) in [6.07, 6.45) is -8.93. The average molecular weight is 440 g/mol. The number of aliphatic hydroxyl groups is 4. The molecule has 2 rings (SSSR count). The molecule has 0 saturated heterocycles. The van der Waals surface area contributed by atoms with E-state index in [1.54, 1.807) is 60.7 Å². The Morgan fingerprint density at radius 3 is 1.70 bits per heavy atom. The van der Waals surface area contributed by atoms with E-state index in [0.717, 1.165) is 0 Å². The molecule has 4 atom stereocenters. The van der Waals surface area contributed by atoms with E-state index >= 15 is 0 Å². The molecule has 0 aliphatic rings. The molecule has 0 spiro atoms. The number of aldehydes is 1. The van der Waals surface area contributed by atoms with E-state index in [1.807, 2.05) is 0 Å². The molecular weight excluding hydrogens is 415 g/mol. The first-order valence-corrected chi connectivity index (χ1v) is 10.6. The summed E-state index contributed by atoms with van der Waals surface area (Å²) in [5, 5.41) is 42.4. The summed E-state index contributed by atoms with van der Waals surface area (Å²) < 4.78 is 15.5. The number of phosphoric acid groups is 1. The van der Waals surface area contributed by atoms with Crippen molar-refractivity contribution < 1.29 is 44.1 Å². The summed E-state index contributed by atoms with van der Waals surface area (Å²) in [5.74, 6) is 0. The van der Waals surface area contributed by atoms with E-state index in [2.05, 4.69) is 4.52 Å². The van der Waals surface area contributed by atoms with Gasteiger partial charge in [-0.1, -0.05) is 60.7 Å². The molecule has 10 heteroatoms. The lowest BCUT2D eigenvalue weighted by atomic mass is 9.79. The molecule has 0 aliphatic heterocycles. The van der Waals surface area contributed by atoms with Crippen LogP contribution in [0.1, 0.15) is 11.1 Å². The van der Waals surface area contributed by atoms with E-state index < -0.39 is 37.8 Å². The van der Waals surface area contributed by atoms with Crippen molar-refractivity contribution in [2.24, 2.45) is 0 Å². The van der Waals surface area contributed by atoms with Gasteiger partial charge < -0.3 is 35.0 Å². The van der Waals surface area contributed by atoms with Crippen LogP contribution < -0.4 is 0 Å². The lowest BCUT2D eigenvalue weighted by Gasteiger charge is -2.38. The van der Waals surface area contributed by atoms with Crippen molar-refractivity contribution in [3.05, 3.63) is 71.8 Å². The fourth-order valence-electron chi connectivity index (χ4n) is 3.23. The number of benzene rings is 2. The Balaban J connectivity index is 2.39. The molecule has 2 aromatic rings. The minimum absolute atomic E-state index is 0.0935. The van der Waals surface area contributed by atoms with E-state index in [-0.39, 0.29) is 19.1 Å². The molecule has 0 radical (unpaired) electrons. The van der Waals surface area contributed by atoms with E-state index in [0.29, 0.717) is 11.1 Å². The first-order chi connectivity index (χ1) is 14.1. The third-order valence-electron chi connectivity index (χ3n) is 4.65. The SMILES string of the molecule is O=C[C@H](O)[C@@H](OP(=O)(O)O)[C@H](O)[C@H](O)C(O)(Cc1ccccc1)Cc1ccccc1. The van der Waals surface area contributed by atoms with Crippen molar-refractivity contribution in [3.8, 4) is 0 Å². The Kier molecular flexibility index (Phi) is 8.42. The number of carbonyl (C=O) groups is 1. The van der Waals surface area contributed by atoms with Crippen LogP contribution in [0.3, 0.4) is 0 Å². The number of hydrogen-bond acceptors (Lipinski definition) is 7. The summed E-state index contributed by atoms with van der Waals surface area (Å²) in [4.78, 5) is 29.0. The Labute approximate surface area is 173 Å². The predicted molar refractivity (Wildman–Crippen MR) is 106 cm³/mol. The van der Waals surface area contributed by atoms with Gasteiger partial charge in [0, 0.05) is 12.8 Å². The molecule has 0 aliphatic carbocycles. The zero-order valence-electron chi connectivity index (χ0n) is 15.9. The highest BCUT2D eigenvalue weighted by Gasteiger charge is 2.46.